The average Bonchev–Trinajstić information content (AvgIpc) is 3.04. The number of carbonyl (C=O) groups excluding carboxylic acids is 1. The highest BCUT2D eigenvalue weighted by molar-refractivity contribution is 5.75. The number of nitrogens with one attached hydrogen (secondary N) is 1. The Balaban J connectivity index is 1.85. The maximum Gasteiger partial charge on any atom is 0.243 e. The van der Waals surface area contributed by atoms with Gasteiger partial charge in [0.1, 0.15) is 6.54 Å². The molecule has 0 bridgehead atoms. The zero-order valence-electron chi connectivity index (χ0n) is 14.8. The van der Waals surface area contributed by atoms with Crippen LogP contribution in [0.1, 0.15) is 45.1 Å². The molecule has 1 aromatic carbocycles. The van der Waals surface area contributed by atoms with Crippen LogP contribution in [0.25, 0.3) is 11.4 Å². The molecule has 1 aromatic heterocycles. The molecule has 0 spiro atoms. The number of hydrogen-bond donors (Lipinski definition) is 1. The summed E-state index contributed by atoms with van der Waals surface area (Å²) in [5.74, 6) is 1.01. The summed E-state index contributed by atoms with van der Waals surface area (Å²) in [6.45, 7) is 7.20. The molecule has 0 radical (unpaired) electrons. The van der Waals surface area contributed by atoms with Crippen molar-refractivity contribution in [2.24, 2.45) is 5.92 Å². The van der Waals surface area contributed by atoms with Crippen molar-refractivity contribution in [1.82, 2.24) is 25.5 Å². The van der Waals surface area contributed by atoms with Gasteiger partial charge >= 0.3 is 0 Å². The lowest BCUT2D eigenvalue weighted by molar-refractivity contribution is -0.122. The fraction of sp³-hybridized carbons (Fsp3) is 0.556. The van der Waals surface area contributed by atoms with Crippen LogP contribution in [0.4, 0.5) is 0 Å². The zero-order chi connectivity index (χ0) is 17.4. The second-order valence-corrected chi connectivity index (χ2v) is 6.23. The molecule has 24 heavy (non-hydrogen) atoms. The number of aryl methyl sites for hydroxylation is 1. The molecule has 6 heteroatoms. The Labute approximate surface area is 143 Å². The Morgan fingerprint density at radius 1 is 1.25 bits per heavy atom. The van der Waals surface area contributed by atoms with Crippen LogP contribution in [0.15, 0.2) is 24.3 Å². The minimum atomic E-state index is -0.0715. The predicted molar refractivity (Wildman–Crippen MR) is 94.3 cm³/mol. The van der Waals surface area contributed by atoms with Crippen LogP contribution in [-0.2, 0) is 11.3 Å². The molecular weight excluding hydrogens is 302 g/mol. The van der Waals surface area contributed by atoms with Crippen LogP contribution < -0.4 is 5.32 Å². The van der Waals surface area contributed by atoms with Crippen LogP contribution >= 0.6 is 0 Å². The molecule has 0 unspecified atom stereocenters. The second kappa shape index (κ2) is 9.15. The molecule has 0 aliphatic carbocycles. The van der Waals surface area contributed by atoms with Crippen molar-refractivity contribution >= 4 is 5.91 Å². The summed E-state index contributed by atoms with van der Waals surface area (Å²) in [5.41, 5.74) is 2.08. The number of nitrogens with zero attached hydrogens (tertiary/aromatic N) is 4. The third-order valence-corrected chi connectivity index (χ3v) is 4.18. The summed E-state index contributed by atoms with van der Waals surface area (Å²) in [5, 5.41) is 15.3. The number of unbranched alkanes of at least 4 members (excludes halogenated alkanes) is 1. The first-order valence-electron chi connectivity index (χ1n) is 8.73. The Bertz CT molecular complexity index is 635. The number of aromatic nitrogens is 4. The van der Waals surface area contributed by atoms with E-state index in [0.29, 0.717) is 11.7 Å². The number of amides is 1. The molecule has 2 aromatic rings. The van der Waals surface area contributed by atoms with E-state index in [1.165, 1.54) is 23.2 Å². The molecule has 1 N–H and O–H groups in total. The summed E-state index contributed by atoms with van der Waals surface area (Å²) in [4.78, 5) is 13.4. The van der Waals surface area contributed by atoms with E-state index in [1.54, 1.807) is 0 Å². The standard InChI is InChI=1S/C18H27N5O/c1-4-6-7-15(5-2)12-19-17(24)13-23-21-18(20-22-23)16-10-8-14(3)9-11-16/h8-11,15H,4-7,12-13H2,1-3H3,(H,19,24)/t15-/m0/s1. The highest BCUT2D eigenvalue weighted by Gasteiger charge is 2.11. The van der Waals surface area contributed by atoms with Gasteiger partial charge in [-0.15, -0.1) is 10.2 Å². The second-order valence-electron chi connectivity index (χ2n) is 6.23. The van der Waals surface area contributed by atoms with Gasteiger partial charge in [0.05, 0.1) is 0 Å². The predicted octanol–water partition coefficient (Wildman–Crippen LogP) is 2.98. The van der Waals surface area contributed by atoms with Gasteiger partial charge < -0.3 is 5.32 Å². The molecule has 0 saturated carbocycles. The monoisotopic (exact) mass is 329 g/mol. The van der Waals surface area contributed by atoms with Crippen molar-refractivity contribution in [2.45, 2.75) is 53.0 Å². The largest absolute Gasteiger partial charge is 0.354 e. The van der Waals surface area contributed by atoms with Crippen LogP contribution in [0.3, 0.4) is 0 Å². The SMILES string of the molecule is CCCC[C@H](CC)CNC(=O)Cn1nnc(-c2ccc(C)cc2)n1. The molecule has 0 saturated heterocycles. The summed E-state index contributed by atoms with van der Waals surface area (Å²) in [6.07, 6.45) is 4.64. The lowest BCUT2D eigenvalue weighted by Gasteiger charge is -2.14. The Morgan fingerprint density at radius 2 is 2.00 bits per heavy atom. The van der Waals surface area contributed by atoms with Crippen molar-refractivity contribution in [3.8, 4) is 11.4 Å². The zero-order valence-corrected chi connectivity index (χ0v) is 14.8. The molecule has 6 nitrogen and oxygen atoms in total. The third-order valence-electron chi connectivity index (χ3n) is 4.18. The van der Waals surface area contributed by atoms with Gasteiger partial charge in [-0.1, -0.05) is 62.9 Å². The van der Waals surface area contributed by atoms with E-state index in [4.69, 9.17) is 0 Å². The van der Waals surface area contributed by atoms with Crippen molar-refractivity contribution < 1.29 is 4.79 Å². The van der Waals surface area contributed by atoms with E-state index in [9.17, 15) is 4.79 Å². The molecule has 0 aliphatic heterocycles. The van der Waals surface area contributed by atoms with Crippen LogP contribution in [0.5, 0.6) is 0 Å². The lowest BCUT2D eigenvalue weighted by Crippen LogP contribution is -2.32. The Kier molecular flexibility index (Phi) is 6.90. The van der Waals surface area contributed by atoms with Gasteiger partial charge in [-0.2, -0.15) is 4.80 Å². The number of hydrogen-bond acceptors (Lipinski definition) is 4. The molecular formula is C18H27N5O. The topological polar surface area (TPSA) is 72.7 Å². The molecule has 130 valence electrons. The Morgan fingerprint density at radius 3 is 2.67 bits per heavy atom. The maximum atomic E-state index is 12.1. The van der Waals surface area contributed by atoms with E-state index in [1.807, 2.05) is 31.2 Å². The first-order valence-corrected chi connectivity index (χ1v) is 8.73. The van der Waals surface area contributed by atoms with E-state index in [-0.39, 0.29) is 12.5 Å². The van der Waals surface area contributed by atoms with E-state index < -0.39 is 0 Å². The Hall–Kier alpha value is -2.24. The first kappa shape index (κ1) is 18.1. The fourth-order valence-corrected chi connectivity index (χ4v) is 2.51. The van der Waals surface area contributed by atoms with Gasteiger partial charge in [-0.25, -0.2) is 0 Å². The molecule has 1 atom stereocenters. The molecule has 1 amide bonds. The van der Waals surface area contributed by atoms with Gasteiger partial charge in [0.2, 0.25) is 11.7 Å². The van der Waals surface area contributed by atoms with Crippen LogP contribution in [0.2, 0.25) is 0 Å². The number of benzene rings is 1. The molecule has 0 aliphatic rings. The average molecular weight is 329 g/mol. The minimum Gasteiger partial charge on any atom is -0.354 e. The normalized spacial score (nSPS) is 12.1. The highest BCUT2D eigenvalue weighted by atomic mass is 16.2. The lowest BCUT2D eigenvalue weighted by atomic mass is 9.99. The van der Waals surface area contributed by atoms with Gasteiger partial charge in [-0.05, 0) is 24.5 Å². The van der Waals surface area contributed by atoms with Gasteiger partial charge in [0.15, 0.2) is 0 Å². The molecule has 2 rings (SSSR count). The summed E-state index contributed by atoms with van der Waals surface area (Å²) >= 11 is 0. The van der Waals surface area contributed by atoms with Crippen molar-refractivity contribution in [3.05, 3.63) is 29.8 Å². The van der Waals surface area contributed by atoms with Gasteiger partial charge in [-0.3, -0.25) is 4.79 Å². The first-order chi connectivity index (χ1) is 11.6. The minimum absolute atomic E-state index is 0.0715. The highest BCUT2D eigenvalue weighted by Crippen LogP contribution is 2.14. The van der Waals surface area contributed by atoms with Gasteiger partial charge in [0, 0.05) is 12.1 Å². The van der Waals surface area contributed by atoms with Crippen molar-refractivity contribution in [3.63, 3.8) is 0 Å². The van der Waals surface area contributed by atoms with Crippen molar-refractivity contribution in [1.29, 1.82) is 0 Å². The van der Waals surface area contributed by atoms with E-state index >= 15 is 0 Å². The van der Waals surface area contributed by atoms with Crippen LogP contribution in [-0.4, -0.2) is 32.7 Å². The maximum absolute atomic E-state index is 12.1. The van der Waals surface area contributed by atoms with E-state index in [2.05, 4.69) is 34.6 Å². The van der Waals surface area contributed by atoms with E-state index in [0.717, 1.165) is 24.9 Å². The van der Waals surface area contributed by atoms with Crippen LogP contribution in [0, 0.1) is 12.8 Å². The summed E-state index contributed by atoms with van der Waals surface area (Å²) in [7, 11) is 0. The molecule has 1 heterocycles. The summed E-state index contributed by atoms with van der Waals surface area (Å²) in [6, 6.07) is 7.92. The number of rotatable bonds is 9. The quantitative estimate of drug-likeness (QED) is 0.767. The smallest absolute Gasteiger partial charge is 0.243 e. The summed E-state index contributed by atoms with van der Waals surface area (Å²) < 4.78 is 0. The number of tetrazole rings is 1. The molecule has 0 fully saturated rings. The van der Waals surface area contributed by atoms with Gasteiger partial charge in [0.25, 0.3) is 0 Å². The fourth-order valence-electron chi connectivity index (χ4n) is 2.51. The third kappa shape index (κ3) is 5.44. The number of carbonyl (C=O) groups is 1. The van der Waals surface area contributed by atoms with Crippen molar-refractivity contribution in [2.75, 3.05) is 6.54 Å².